The molecule has 3 heterocycles. The van der Waals surface area contributed by atoms with Gasteiger partial charge in [-0.3, -0.25) is 4.79 Å². The van der Waals surface area contributed by atoms with Crippen LogP contribution in [-0.4, -0.2) is 33.4 Å². The van der Waals surface area contributed by atoms with Gasteiger partial charge in [0.05, 0.1) is 5.69 Å². The van der Waals surface area contributed by atoms with E-state index in [1.165, 1.54) is 12.1 Å². The summed E-state index contributed by atoms with van der Waals surface area (Å²) in [6, 6.07) is 12.2. The molecule has 0 atom stereocenters. The molecular weight excluding hydrogens is 305 g/mol. The molecule has 1 aromatic carbocycles. The molecule has 0 radical (unpaired) electrons. The van der Waals surface area contributed by atoms with Crippen molar-refractivity contribution in [1.82, 2.24) is 14.5 Å². The summed E-state index contributed by atoms with van der Waals surface area (Å²) in [6.45, 7) is 1.92. The lowest BCUT2D eigenvalue weighted by atomic mass is 10.1. The zero-order chi connectivity index (χ0) is 16.5. The van der Waals surface area contributed by atoms with Crippen molar-refractivity contribution >= 4 is 16.9 Å². The first-order valence-electron chi connectivity index (χ1n) is 8.20. The van der Waals surface area contributed by atoms with Gasteiger partial charge in [0.2, 0.25) is 5.91 Å². The molecule has 1 amide bonds. The lowest BCUT2D eigenvalue weighted by molar-refractivity contribution is -0.130. The third kappa shape index (κ3) is 2.66. The van der Waals surface area contributed by atoms with Gasteiger partial charge in [0.15, 0.2) is 0 Å². The minimum atomic E-state index is -0.271. The maximum Gasteiger partial charge on any atom is 0.242 e. The van der Waals surface area contributed by atoms with Gasteiger partial charge in [0, 0.05) is 24.7 Å². The van der Waals surface area contributed by atoms with Crippen molar-refractivity contribution in [3.8, 4) is 11.3 Å². The fraction of sp³-hybridized carbons (Fsp3) is 0.263. The number of likely N-dealkylation sites (tertiary alicyclic amines) is 1. The Kier molecular flexibility index (Phi) is 3.76. The van der Waals surface area contributed by atoms with Crippen LogP contribution >= 0.6 is 0 Å². The number of hydrogen-bond acceptors (Lipinski definition) is 2. The van der Waals surface area contributed by atoms with Crippen LogP contribution < -0.4 is 0 Å². The van der Waals surface area contributed by atoms with Gasteiger partial charge in [0.25, 0.3) is 0 Å². The molecule has 4 nitrogen and oxygen atoms in total. The maximum absolute atomic E-state index is 13.2. The van der Waals surface area contributed by atoms with E-state index in [1.807, 2.05) is 27.7 Å². The molecule has 5 heteroatoms. The number of amides is 1. The fourth-order valence-corrected chi connectivity index (χ4v) is 3.31. The van der Waals surface area contributed by atoms with Crippen molar-refractivity contribution < 1.29 is 9.18 Å². The predicted molar refractivity (Wildman–Crippen MR) is 90.9 cm³/mol. The van der Waals surface area contributed by atoms with Gasteiger partial charge >= 0.3 is 0 Å². The highest BCUT2D eigenvalue weighted by molar-refractivity contribution is 5.87. The highest BCUT2D eigenvalue weighted by atomic mass is 19.1. The average molecular weight is 323 g/mol. The Morgan fingerprint density at radius 1 is 1.12 bits per heavy atom. The van der Waals surface area contributed by atoms with Crippen LogP contribution in [0.2, 0.25) is 0 Å². The van der Waals surface area contributed by atoms with Gasteiger partial charge in [-0.1, -0.05) is 0 Å². The third-order valence-electron chi connectivity index (χ3n) is 4.55. The number of fused-ring (bicyclic) bond motifs is 1. The second-order valence-corrected chi connectivity index (χ2v) is 6.13. The molecule has 1 aliphatic heterocycles. The van der Waals surface area contributed by atoms with E-state index in [2.05, 4.69) is 4.98 Å². The number of pyridine rings is 1. The van der Waals surface area contributed by atoms with Crippen LogP contribution in [0.15, 0.2) is 48.7 Å². The molecule has 0 unspecified atom stereocenters. The van der Waals surface area contributed by atoms with Crippen LogP contribution in [0.3, 0.4) is 0 Å². The van der Waals surface area contributed by atoms with Crippen molar-refractivity contribution in [2.24, 2.45) is 0 Å². The van der Waals surface area contributed by atoms with Gasteiger partial charge in [-0.05, 0) is 60.9 Å². The first kappa shape index (κ1) is 14.9. The molecule has 1 aliphatic rings. The predicted octanol–water partition coefficient (Wildman–Crippen LogP) is 3.46. The molecule has 0 N–H and O–H groups in total. The summed E-state index contributed by atoms with van der Waals surface area (Å²) in [6.07, 6.45) is 3.87. The Bertz CT molecular complexity index is 879. The Labute approximate surface area is 139 Å². The summed E-state index contributed by atoms with van der Waals surface area (Å²) in [5.41, 5.74) is 2.55. The van der Waals surface area contributed by atoms with Crippen LogP contribution in [0.25, 0.3) is 22.3 Å². The summed E-state index contributed by atoms with van der Waals surface area (Å²) in [4.78, 5) is 19.0. The van der Waals surface area contributed by atoms with E-state index >= 15 is 0 Å². The molecule has 1 saturated heterocycles. The molecule has 1 fully saturated rings. The Morgan fingerprint density at radius 3 is 2.62 bits per heavy atom. The van der Waals surface area contributed by atoms with E-state index in [9.17, 15) is 9.18 Å². The SMILES string of the molecule is O=C(Cn1c(-c2ccc(F)cc2)cc2cccnc21)N1CCCC1. The van der Waals surface area contributed by atoms with E-state index in [-0.39, 0.29) is 18.3 Å². The smallest absolute Gasteiger partial charge is 0.242 e. The van der Waals surface area contributed by atoms with Crippen molar-refractivity contribution in [3.63, 3.8) is 0 Å². The number of carbonyl (C=O) groups is 1. The third-order valence-corrected chi connectivity index (χ3v) is 4.55. The zero-order valence-electron chi connectivity index (χ0n) is 13.3. The number of halogens is 1. The maximum atomic E-state index is 13.2. The first-order chi connectivity index (χ1) is 11.7. The summed E-state index contributed by atoms with van der Waals surface area (Å²) in [7, 11) is 0. The second kappa shape index (κ2) is 6.07. The van der Waals surface area contributed by atoms with Crippen molar-refractivity contribution in [3.05, 3.63) is 54.5 Å². The van der Waals surface area contributed by atoms with Crippen molar-refractivity contribution in [1.29, 1.82) is 0 Å². The Hall–Kier alpha value is -2.69. The van der Waals surface area contributed by atoms with E-state index in [4.69, 9.17) is 0 Å². The molecule has 0 saturated carbocycles. The molecule has 4 rings (SSSR count). The highest BCUT2D eigenvalue weighted by Crippen LogP contribution is 2.27. The summed E-state index contributed by atoms with van der Waals surface area (Å²) in [5, 5.41) is 0.978. The Balaban J connectivity index is 1.78. The number of nitrogens with zero attached hydrogens (tertiary/aromatic N) is 3. The van der Waals surface area contributed by atoms with Gasteiger partial charge in [-0.25, -0.2) is 9.37 Å². The second-order valence-electron chi connectivity index (χ2n) is 6.13. The molecular formula is C19H18FN3O. The quantitative estimate of drug-likeness (QED) is 0.740. The van der Waals surface area contributed by atoms with Gasteiger partial charge in [0.1, 0.15) is 18.0 Å². The molecule has 24 heavy (non-hydrogen) atoms. The normalized spacial score (nSPS) is 14.5. The van der Waals surface area contributed by atoms with Crippen LogP contribution in [0.4, 0.5) is 4.39 Å². The number of carbonyl (C=O) groups excluding carboxylic acids is 1. The molecule has 122 valence electrons. The van der Waals surface area contributed by atoms with E-state index in [1.54, 1.807) is 18.3 Å². The number of aromatic nitrogens is 2. The van der Waals surface area contributed by atoms with E-state index < -0.39 is 0 Å². The van der Waals surface area contributed by atoms with Crippen molar-refractivity contribution in [2.45, 2.75) is 19.4 Å². The van der Waals surface area contributed by atoms with Crippen LogP contribution in [0, 0.1) is 5.82 Å². The van der Waals surface area contributed by atoms with E-state index in [0.717, 1.165) is 48.2 Å². The standard InChI is InChI=1S/C19H18FN3O/c20-16-7-5-14(6-8-16)17-12-15-4-3-9-21-19(15)23(17)13-18(24)22-10-1-2-11-22/h3-9,12H,1-2,10-11,13H2. The fourth-order valence-electron chi connectivity index (χ4n) is 3.31. The minimum absolute atomic E-state index is 0.110. The number of hydrogen-bond donors (Lipinski definition) is 0. The van der Waals surface area contributed by atoms with Gasteiger partial charge < -0.3 is 9.47 Å². The van der Waals surface area contributed by atoms with Gasteiger partial charge in [-0.15, -0.1) is 0 Å². The zero-order valence-corrected chi connectivity index (χ0v) is 13.3. The summed E-state index contributed by atoms with van der Waals surface area (Å²) in [5.74, 6) is -0.160. The van der Waals surface area contributed by atoms with Crippen LogP contribution in [0.5, 0.6) is 0 Å². The van der Waals surface area contributed by atoms with E-state index in [0.29, 0.717) is 0 Å². The highest BCUT2D eigenvalue weighted by Gasteiger charge is 2.21. The van der Waals surface area contributed by atoms with Crippen LogP contribution in [-0.2, 0) is 11.3 Å². The molecule has 2 aromatic heterocycles. The average Bonchev–Trinajstić information content (AvgIpc) is 3.24. The molecule has 0 aliphatic carbocycles. The molecule has 0 bridgehead atoms. The summed E-state index contributed by atoms with van der Waals surface area (Å²) >= 11 is 0. The van der Waals surface area contributed by atoms with Crippen molar-refractivity contribution in [2.75, 3.05) is 13.1 Å². The lowest BCUT2D eigenvalue weighted by Crippen LogP contribution is -2.31. The van der Waals surface area contributed by atoms with Crippen LogP contribution in [0.1, 0.15) is 12.8 Å². The topological polar surface area (TPSA) is 38.1 Å². The first-order valence-corrected chi connectivity index (χ1v) is 8.20. The number of benzene rings is 1. The number of rotatable bonds is 3. The van der Waals surface area contributed by atoms with Gasteiger partial charge in [-0.2, -0.15) is 0 Å². The lowest BCUT2D eigenvalue weighted by Gasteiger charge is -2.17. The molecule has 0 spiro atoms. The monoisotopic (exact) mass is 323 g/mol. The largest absolute Gasteiger partial charge is 0.341 e. The minimum Gasteiger partial charge on any atom is -0.341 e. The molecule has 3 aromatic rings. The summed E-state index contributed by atoms with van der Waals surface area (Å²) < 4.78 is 15.2. The Morgan fingerprint density at radius 2 is 1.88 bits per heavy atom.